The maximum absolute atomic E-state index is 12.2. The summed E-state index contributed by atoms with van der Waals surface area (Å²) in [5.41, 5.74) is 0.520. The van der Waals surface area contributed by atoms with Gasteiger partial charge in [0.25, 0.3) is 0 Å². The van der Waals surface area contributed by atoms with Gasteiger partial charge in [0.05, 0.1) is 11.5 Å². The van der Waals surface area contributed by atoms with E-state index in [-0.39, 0.29) is 22.6 Å². The standard InChI is InChI=1S/C13H18ClNO3S/c1-9(6-10-2-3-10)15-19(17,18)12-5-4-11(8-16)13(14)7-12/h4-5,7,9-10,15-16H,2-3,6,8H2,1H3. The van der Waals surface area contributed by atoms with Crippen molar-refractivity contribution < 1.29 is 13.5 Å². The molecule has 1 fully saturated rings. The van der Waals surface area contributed by atoms with E-state index in [1.54, 1.807) is 0 Å². The topological polar surface area (TPSA) is 66.4 Å². The van der Waals surface area contributed by atoms with Crippen molar-refractivity contribution in [2.24, 2.45) is 5.92 Å². The first-order chi connectivity index (χ1) is 8.92. The Bertz CT molecular complexity index is 555. The van der Waals surface area contributed by atoms with Gasteiger partial charge in [-0.3, -0.25) is 0 Å². The van der Waals surface area contributed by atoms with Crippen molar-refractivity contribution in [3.8, 4) is 0 Å². The summed E-state index contributed by atoms with van der Waals surface area (Å²) in [6.45, 7) is 1.67. The fourth-order valence-electron chi connectivity index (χ4n) is 2.06. The molecule has 0 aromatic heterocycles. The normalized spacial score (nSPS) is 17.4. The number of hydrogen-bond acceptors (Lipinski definition) is 3. The average Bonchev–Trinajstić information content (AvgIpc) is 3.11. The highest BCUT2D eigenvalue weighted by Gasteiger charge is 2.26. The van der Waals surface area contributed by atoms with Crippen molar-refractivity contribution >= 4 is 21.6 Å². The van der Waals surface area contributed by atoms with Crippen LogP contribution >= 0.6 is 11.6 Å². The lowest BCUT2D eigenvalue weighted by Gasteiger charge is -2.14. The minimum absolute atomic E-state index is 0.0752. The maximum atomic E-state index is 12.2. The van der Waals surface area contributed by atoms with Crippen LogP contribution in [0.1, 0.15) is 31.7 Å². The van der Waals surface area contributed by atoms with Crippen LogP contribution in [0.2, 0.25) is 5.02 Å². The van der Waals surface area contributed by atoms with Crippen LogP contribution in [-0.4, -0.2) is 19.6 Å². The lowest BCUT2D eigenvalue weighted by Crippen LogP contribution is -2.32. The van der Waals surface area contributed by atoms with Gasteiger partial charge in [-0.05, 0) is 37.0 Å². The number of aliphatic hydroxyl groups excluding tert-OH is 1. The highest BCUT2D eigenvalue weighted by atomic mass is 35.5. The first kappa shape index (κ1) is 14.8. The molecule has 4 nitrogen and oxygen atoms in total. The Kier molecular flexibility index (Phi) is 4.50. The number of rotatable bonds is 6. The lowest BCUT2D eigenvalue weighted by molar-refractivity contribution is 0.282. The first-order valence-corrected chi connectivity index (χ1v) is 8.20. The summed E-state index contributed by atoms with van der Waals surface area (Å²) in [7, 11) is -3.54. The summed E-state index contributed by atoms with van der Waals surface area (Å²) in [5.74, 6) is 0.665. The first-order valence-electron chi connectivity index (χ1n) is 6.34. The molecule has 0 spiro atoms. The molecule has 19 heavy (non-hydrogen) atoms. The number of aliphatic hydroxyl groups is 1. The molecule has 106 valence electrons. The zero-order valence-corrected chi connectivity index (χ0v) is 12.3. The number of benzene rings is 1. The molecule has 1 unspecified atom stereocenters. The Hall–Kier alpha value is -0.620. The van der Waals surface area contributed by atoms with Crippen molar-refractivity contribution in [1.82, 2.24) is 4.72 Å². The lowest BCUT2D eigenvalue weighted by atomic mass is 10.2. The maximum Gasteiger partial charge on any atom is 0.240 e. The third-order valence-corrected chi connectivity index (χ3v) is 5.18. The predicted molar refractivity (Wildman–Crippen MR) is 74.5 cm³/mol. The molecule has 1 aromatic rings. The molecule has 0 saturated heterocycles. The molecule has 2 rings (SSSR count). The summed E-state index contributed by atoms with van der Waals surface area (Å²) in [5, 5.41) is 9.28. The van der Waals surface area contributed by atoms with E-state index in [0.29, 0.717) is 11.5 Å². The van der Waals surface area contributed by atoms with Gasteiger partial charge in [0.1, 0.15) is 0 Å². The van der Waals surface area contributed by atoms with Crippen LogP contribution in [0.25, 0.3) is 0 Å². The number of sulfonamides is 1. The molecule has 0 bridgehead atoms. The van der Waals surface area contributed by atoms with E-state index in [2.05, 4.69) is 4.72 Å². The zero-order valence-electron chi connectivity index (χ0n) is 10.8. The number of hydrogen-bond donors (Lipinski definition) is 2. The van der Waals surface area contributed by atoms with E-state index >= 15 is 0 Å². The Morgan fingerprint density at radius 3 is 2.68 bits per heavy atom. The van der Waals surface area contributed by atoms with Crippen molar-refractivity contribution in [2.45, 2.75) is 43.7 Å². The summed E-state index contributed by atoms with van der Waals surface area (Å²) < 4.78 is 27.0. The summed E-state index contributed by atoms with van der Waals surface area (Å²) in [6.07, 6.45) is 3.27. The molecule has 1 atom stereocenters. The van der Waals surface area contributed by atoms with E-state index in [1.165, 1.54) is 31.0 Å². The second kappa shape index (κ2) is 5.79. The van der Waals surface area contributed by atoms with Gasteiger partial charge in [-0.25, -0.2) is 13.1 Å². The molecule has 1 aromatic carbocycles. The fourth-order valence-corrected chi connectivity index (χ4v) is 3.65. The van der Waals surface area contributed by atoms with Crippen LogP contribution in [-0.2, 0) is 16.6 Å². The Morgan fingerprint density at radius 2 is 2.16 bits per heavy atom. The van der Waals surface area contributed by atoms with E-state index in [9.17, 15) is 8.42 Å². The van der Waals surface area contributed by atoms with E-state index < -0.39 is 10.0 Å². The highest BCUT2D eigenvalue weighted by molar-refractivity contribution is 7.89. The van der Waals surface area contributed by atoms with Gasteiger partial charge in [-0.15, -0.1) is 0 Å². The quantitative estimate of drug-likeness (QED) is 0.847. The van der Waals surface area contributed by atoms with Crippen LogP contribution in [0, 0.1) is 5.92 Å². The number of halogens is 1. The summed E-state index contributed by atoms with van der Waals surface area (Å²) >= 11 is 5.91. The van der Waals surface area contributed by atoms with Crippen molar-refractivity contribution in [3.05, 3.63) is 28.8 Å². The third-order valence-electron chi connectivity index (χ3n) is 3.25. The second-order valence-electron chi connectivity index (χ2n) is 5.11. The van der Waals surface area contributed by atoms with Crippen molar-refractivity contribution in [3.63, 3.8) is 0 Å². The molecule has 2 N–H and O–H groups in total. The van der Waals surface area contributed by atoms with Gasteiger partial charge in [0, 0.05) is 11.1 Å². The number of nitrogens with one attached hydrogen (secondary N) is 1. The summed E-state index contributed by atoms with van der Waals surface area (Å²) in [4.78, 5) is 0.136. The van der Waals surface area contributed by atoms with Gasteiger partial charge in [-0.1, -0.05) is 30.5 Å². The van der Waals surface area contributed by atoms with Crippen LogP contribution in [0.3, 0.4) is 0 Å². The largest absolute Gasteiger partial charge is 0.392 e. The SMILES string of the molecule is CC(CC1CC1)NS(=O)(=O)c1ccc(CO)c(Cl)c1. The highest BCUT2D eigenvalue weighted by Crippen LogP contribution is 2.33. The van der Waals surface area contributed by atoms with Gasteiger partial charge in [-0.2, -0.15) is 0 Å². The summed E-state index contributed by atoms with van der Waals surface area (Å²) in [6, 6.07) is 4.29. The molecule has 0 heterocycles. The van der Waals surface area contributed by atoms with Gasteiger partial charge in [0.2, 0.25) is 10.0 Å². The van der Waals surface area contributed by atoms with E-state index in [0.717, 1.165) is 6.42 Å². The minimum Gasteiger partial charge on any atom is -0.392 e. The smallest absolute Gasteiger partial charge is 0.240 e. The fraction of sp³-hybridized carbons (Fsp3) is 0.538. The van der Waals surface area contributed by atoms with Crippen LogP contribution in [0.4, 0.5) is 0 Å². The molecule has 0 radical (unpaired) electrons. The molecular formula is C13H18ClNO3S. The van der Waals surface area contributed by atoms with Gasteiger partial charge in [0.15, 0.2) is 0 Å². The van der Waals surface area contributed by atoms with Crippen LogP contribution < -0.4 is 4.72 Å². The van der Waals surface area contributed by atoms with E-state index in [1.807, 2.05) is 6.92 Å². The van der Waals surface area contributed by atoms with Crippen molar-refractivity contribution in [2.75, 3.05) is 0 Å². The van der Waals surface area contributed by atoms with Crippen LogP contribution in [0.5, 0.6) is 0 Å². The zero-order chi connectivity index (χ0) is 14.0. The van der Waals surface area contributed by atoms with Crippen molar-refractivity contribution in [1.29, 1.82) is 0 Å². The molecule has 1 saturated carbocycles. The third kappa shape index (κ3) is 3.92. The van der Waals surface area contributed by atoms with Crippen LogP contribution in [0.15, 0.2) is 23.1 Å². The Labute approximate surface area is 118 Å². The second-order valence-corrected chi connectivity index (χ2v) is 7.23. The molecule has 1 aliphatic rings. The Balaban J connectivity index is 2.11. The monoisotopic (exact) mass is 303 g/mol. The van der Waals surface area contributed by atoms with Gasteiger partial charge >= 0.3 is 0 Å². The average molecular weight is 304 g/mol. The molecule has 0 aliphatic heterocycles. The molecule has 1 aliphatic carbocycles. The molecule has 6 heteroatoms. The van der Waals surface area contributed by atoms with E-state index in [4.69, 9.17) is 16.7 Å². The predicted octanol–water partition coefficient (Wildman–Crippen LogP) is 2.30. The molecule has 0 amide bonds. The molecular weight excluding hydrogens is 286 g/mol. The minimum atomic E-state index is -3.54. The van der Waals surface area contributed by atoms with Gasteiger partial charge < -0.3 is 5.11 Å². The Morgan fingerprint density at radius 1 is 1.47 bits per heavy atom.